The van der Waals surface area contributed by atoms with Crippen LogP contribution in [0.1, 0.15) is 43.1 Å². The number of carbonyl (C=O) groups excluding carboxylic acids is 1. The third-order valence-corrected chi connectivity index (χ3v) is 4.56. The van der Waals surface area contributed by atoms with Crippen molar-refractivity contribution in [3.05, 3.63) is 24.0 Å². The Bertz CT molecular complexity index is 471. The van der Waals surface area contributed by atoms with E-state index in [-0.39, 0.29) is 5.78 Å². The topological polar surface area (TPSA) is 36.4 Å². The molecule has 2 saturated heterocycles. The first-order valence-corrected chi connectivity index (χ1v) is 7.76. The van der Waals surface area contributed by atoms with Crippen molar-refractivity contribution in [1.29, 1.82) is 0 Å². The van der Waals surface area contributed by atoms with Crippen LogP contribution in [0.25, 0.3) is 0 Å². The lowest BCUT2D eigenvalue weighted by atomic mass is 9.99. The van der Waals surface area contributed by atoms with E-state index in [2.05, 4.69) is 14.8 Å². The number of fused-ring (bicyclic) bond motifs is 1. The van der Waals surface area contributed by atoms with E-state index in [1.54, 1.807) is 0 Å². The van der Waals surface area contributed by atoms with Gasteiger partial charge in [0.15, 0.2) is 5.78 Å². The van der Waals surface area contributed by atoms with Crippen LogP contribution in [0, 0.1) is 0 Å². The van der Waals surface area contributed by atoms with E-state index in [0.29, 0.717) is 18.2 Å². The number of nitrogens with zero attached hydrogens (tertiary/aromatic N) is 3. The first kappa shape index (κ1) is 13.6. The zero-order chi connectivity index (χ0) is 13.9. The fourth-order valence-corrected chi connectivity index (χ4v) is 3.31. The normalized spacial score (nSPS) is 23.4. The predicted octanol–water partition coefficient (Wildman–Crippen LogP) is 2.35. The maximum absolute atomic E-state index is 11.6. The van der Waals surface area contributed by atoms with Crippen LogP contribution in [-0.2, 0) is 0 Å². The Morgan fingerprint density at radius 3 is 2.95 bits per heavy atom. The number of Topliss-reactive ketones (excluding diaryl/α,β-unsaturated/α-hetero) is 1. The van der Waals surface area contributed by atoms with E-state index in [1.165, 1.54) is 25.8 Å². The third kappa shape index (κ3) is 2.70. The fourth-order valence-electron chi connectivity index (χ4n) is 3.31. The summed E-state index contributed by atoms with van der Waals surface area (Å²) in [7, 11) is 0. The van der Waals surface area contributed by atoms with Gasteiger partial charge < -0.3 is 4.90 Å². The van der Waals surface area contributed by atoms with Gasteiger partial charge in [0.25, 0.3) is 0 Å². The number of carbonyl (C=O) groups is 1. The number of ketones is 1. The van der Waals surface area contributed by atoms with Gasteiger partial charge >= 0.3 is 0 Å². The SMILES string of the molecule is CCC(=O)c1ccc(N2CCN3CCCCC3C2)cn1. The second kappa shape index (κ2) is 5.92. The molecule has 2 aliphatic rings. The summed E-state index contributed by atoms with van der Waals surface area (Å²) >= 11 is 0. The number of piperidine rings is 1. The van der Waals surface area contributed by atoms with Crippen molar-refractivity contribution in [1.82, 2.24) is 9.88 Å². The number of aromatic nitrogens is 1. The van der Waals surface area contributed by atoms with Gasteiger partial charge in [-0.2, -0.15) is 0 Å². The molecule has 4 heteroatoms. The lowest BCUT2D eigenvalue weighted by Gasteiger charge is -2.44. The molecule has 1 unspecified atom stereocenters. The maximum Gasteiger partial charge on any atom is 0.180 e. The van der Waals surface area contributed by atoms with E-state index in [9.17, 15) is 4.79 Å². The van der Waals surface area contributed by atoms with Gasteiger partial charge in [-0.15, -0.1) is 0 Å². The van der Waals surface area contributed by atoms with Crippen LogP contribution in [0.3, 0.4) is 0 Å². The molecule has 0 N–H and O–H groups in total. The van der Waals surface area contributed by atoms with Crippen LogP contribution in [-0.4, -0.2) is 47.9 Å². The summed E-state index contributed by atoms with van der Waals surface area (Å²) in [6.45, 7) is 6.46. The van der Waals surface area contributed by atoms with Gasteiger partial charge in [-0.25, -0.2) is 0 Å². The Balaban J connectivity index is 1.68. The molecular weight excluding hydrogens is 250 g/mol. The summed E-state index contributed by atoms with van der Waals surface area (Å²) in [6.07, 6.45) is 6.41. The van der Waals surface area contributed by atoms with E-state index < -0.39 is 0 Å². The molecule has 1 atom stereocenters. The fraction of sp³-hybridized carbons (Fsp3) is 0.625. The highest BCUT2D eigenvalue weighted by molar-refractivity contribution is 5.94. The van der Waals surface area contributed by atoms with Gasteiger partial charge in [-0.05, 0) is 31.5 Å². The van der Waals surface area contributed by atoms with Crippen molar-refractivity contribution in [2.45, 2.75) is 38.6 Å². The zero-order valence-corrected chi connectivity index (χ0v) is 12.2. The van der Waals surface area contributed by atoms with Crippen molar-refractivity contribution in [2.75, 3.05) is 31.1 Å². The second-order valence-corrected chi connectivity index (χ2v) is 5.81. The second-order valence-electron chi connectivity index (χ2n) is 5.81. The predicted molar refractivity (Wildman–Crippen MR) is 80.3 cm³/mol. The Kier molecular flexibility index (Phi) is 4.01. The van der Waals surface area contributed by atoms with Crippen LogP contribution < -0.4 is 4.90 Å². The molecule has 20 heavy (non-hydrogen) atoms. The Labute approximate surface area is 120 Å². The van der Waals surface area contributed by atoms with Crippen molar-refractivity contribution < 1.29 is 4.79 Å². The third-order valence-electron chi connectivity index (χ3n) is 4.56. The molecule has 2 aliphatic heterocycles. The van der Waals surface area contributed by atoms with E-state index in [1.807, 2.05) is 25.3 Å². The number of rotatable bonds is 3. The molecule has 0 bridgehead atoms. The molecule has 0 amide bonds. The molecule has 1 aromatic rings. The number of pyridine rings is 1. The van der Waals surface area contributed by atoms with Gasteiger partial charge in [0.2, 0.25) is 0 Å². The monoisotopic (exact) mass is 273 g/mol. The van der Waals surface area contributed by atoms with E-state index in [4.69, 9.17) is 0 Å². The summed E-state index contributed by atoms with van der Waals surface area (Å²) in [5.74, 6) is 0.119. The van der Waals surface area contributed by atoms with Crippen LogP contribution in [0.15, 0.2) is 18.3 Å². The summed E-state index contributed by atoms with van der Waals surface area (Å²) in [4.78, 5) is 21.0. The van der Waals surface area contributed by atoms with Crippen LogP contribution in [0.2, 0.25) is 0 Å². The molecule has 4 nitrogen and oxygen atoms in total. The quantitative estimate of drug-likeness (QED) is 0.792. The molecule has 0 aliphatic carbocycles. The lowest BCUT2D eigenvalue weighted by molar-refractivity contribution is 0.0983. The molecule has 108 valence electrons. The summed E-state index contributed by atoms with van der Waals surface area (Å²) in [6, 6.07) is 4.62. The Morgan fingerprint density at radius 1 is 1.30 bits per heavy atom. The summed E-state index contributed by atoms with van der Waals surface area (Å²) in [5.41, 5.74) is 1.75. The minimum Gasteiger partial charge on any atom is -0.367 e. The summed E-state index contributed by atoms with van der Waals surface area (Å²) in [5, 5.41) is 0. The molecule has 0 saturated carbocycles. The number of anilines is 1. The highest BCUT2D eigenvalue weighted by atomic mass is 16.1. The lowest BCUT2D eigenvalue weighted by Crippen LogP contribution is -2.54. The smallest absolute Gasteiger partial charge is 0.180 e. The van der Waals surface area contributed by atoms with Crippen molar-refractivity contribution >= 4 is 11.5 Å². The van der Waals surface area contributed by atoms with Gasteiger partial charge in [0.05, 0.1) is 11.9 Å². The largest absolute Gasteiger partial charge is 0.367 e. The average Bonchev–Trinajstić information content (AvgIpc) is 2.54. The minimum absolute atomic E-state index is 0.119. The number of hydrogen-bond donors (Lipinski definition) is 0. The van der Waals surface area contributed by atoms with Crippen LogP contribution in [0.5, 0.6) is 0 Å². The maximum atomic E-state index is 11.6. The van der Waals surface area contributed by atoms with Crippen molar-refractivity contribution in [2.24, 2.45) is 0 Å². The van der Waals surface area contributed by atoms with Crippen LogP contribution >= 0.6 is 0 Å². The van der Waals surface area contributed by atoms with Crippen molar-refractivity contribution in [3.8, 4) is 0 Å². The Hall–Kier alpha value is -1.42. The highest BCUT2D eigenvalue weighted by Crippen LogP contribution is 2.24. The zero-order valence-electron chi connectivity index (χ0n) is 12.2. The first-order chi connectivity index (χ1) is 9.78. The molecule has 0 aromatic carbocycles. The molecule has 0 radical (unpaired) electrons. The molecule has 2 fully saturated rings. The van der Waals surface area contributed by atoms with E-state index >= 15 is 0 Å². The molecule has 1 aromatic heterocycles. The molecular formula is C16H23N3O. The van der Waals surface area contributed by atoms with Crippen LogP contribution in [0.4, 0.5) is 5.69 Å². The van der Waals surface area contributed by atoms with Gasteiger partial charge in [0.1, 0.15) is 5.69 Å². The van der Waals surface area contributed by atoms with E-state index in [0.717, 1.165) is 25.3 Å². The first-order valence-electron chi connectivity index (χ1n) is 7.76. The minimum atomic E-state index is 0.119. The standard InChI is InChI=1S/C16H23N3O/c1-2-16(20)15-7-6-13(11-17-15)19-10-9-18-8-4-3-5-14(18)12-19/h6-7,11,14H,2-5,8-10,12H2,1H3. The van der Waals surface area contributed by atoms with Gasteiger partial charge in [-0.3, -0.25) is 14.7 Å². The van der Waals surface area contributed by atoms with Gasteiger partial charge in [0, 0.05) is 32.1 Å². The molecule has 3 heterocycles. The average molecular weight is 273 g/mol. The highest BCUT2D eigenvalue weighted by Gasteiger charge is 2.28. The molecule has 3 rings (SSSR count). The van der Waals surface area contributed by atoms with Gasteiger partial charge in [-0.1, -0.05) is 13.3 Å². The number of piperazine rings is 1. The number of hydrogen-bond acceptors (Lipinski definition) is 4. The van der Waals surface area contributed by atoms with Crippen molar-refractivity contribution in [3.63, 3.8) is 0 Å². The molecule has 0 spiro atoms. The summed E-state index contributed by atoms with van der Waals surface area (Å²) < 4.78 is 0. The Morgan fingerprint density at radius 2 is 2.20 bits per heavy atom.